The van der Waals surface area contributed by atoms with Crippen LogP contribution >= 0.6 is 11.3 Å². The first-order chi connectivity index (χ1) is 10.6. The van der Waals surface area contributed by atoms with E-state index in [9.17, 15) is 4.79 Å². The number of nitrogens with two attached hydrogens (primary N) is 1. The van der Waals surface area contributed by atoms with Gasteiger partial charge in [0.05, 0.1) is 11.6 Å². The van der Waals surface area contributed by atoms with Crippen molar-refractivity contribution in [2.45, 2.75) is 20.3 Å². The summed E-state index contributed by atoms with van der Waals surface area (Å²) in [5.74, 6) is 0.975. The van der Waals surface area contributed by atoms with E-state index < -0.39 is 0 Å². The first kappa shape index (κ1) is 16.5. The molecule has 1 aromatic carbocycles. The standard InChI is InChI=1S/C16H21N3O2S/c1-11(2)9-21-13-5-3-4-12(8-13)18-16(20)14-10-22-15(19-14)6-7-17/h3-5,8,10-11H,6-7,9,17H2,1-2H3,(H,18,20). The van der Waals surface area contributed by atoms with Crippen LogP contribution in [0.4, 0.5) is 5.69 Å². The smallest absolute Gasteiger partial charge is 0.275 e. The van der Waals surface area contributed by atoms with Crippen molar-refractivity contribution in [3.05, 3.63) is 40.3 Å². The Labute approximate surface area is 134 Å². The number of rotatable bonds is 7. The molecule has 0 bridgehead atoms. The molecular formula is C16H21N3O2S. The molecule has 3 N–H and O–H groups in total. The molecule has 0 aliphatic rings. The Bertz CT molecular complexity index is 625. The lowest BCUT2D eigenvalue weighted by atomic mass is 10.2. The molecule has 6 heteroatoms. The molecule has 0 saturated carbocycles. The summed E-state index contributed by atoms with van der Waals surface area (Å²) in [6, 6.07) is 7.37. The topological polar surface area (TPSA) is 77.2 Å². The lowest BCUT2D eigenvalue weighted by molar-refractivity contribution is 0.102. The highest BCUT2D eigenvalue weighted by Gasteiger charge is 2.11. The Morgan fingerprint density at radius 3 is 3.00 bits per heavy atom. The average Bonchev–Trinajstić information content (AvgIpc) is 2.95. The third kappa shape index (κ3) is 4.82. The van der Waals surface area contributed by atoms with Gasteiger partial charge in [-0.25, -0.2) is 4.98 Å². The zero-order valence-corrected chi connectivity index (χ0v) is 13.7. The minimum Gasteiger partial charge on any atom is -0.493 e. The van der Waals surface area contributed by atoms with E-state index in [1.807, 2.05) is 24.3 Å². The lowest BCUT2D eigenvalue weighted by Crippen LogP contribution is -2.13. The van der Waals surface area contributed by atoms with Gasteiger partial charge in [0.1, 0.15) is 11.4 Å². The Morgan fingerprint density at radius 2 is 2.27 bits per heavy atom. The van der Waals surface area contributed by atoms with Crippen molar-refractivity contribution in [1.29, 1.82) is 0 Å². The summed E-state index contributed by atoms with van der Waals surface area (Å²) in [6.07, 6.45) is 0.691. The van der Waals surface area contributed by atoms with Crippen LogP contribution in [0.15, 0.2) is 29.6 Å². The number of nitrogens with zero attached hydrogens (tertiary/aromatic N) is 1. The van der Waals surface area contributed by atoms with Gasteiger partial charge in [-0.05, 0) is 24.6 Å². The molecule has 0 saturated heterocycles. The maximum atomic E-state index is 12.2. The van der Waals surface area contributed by atoms with Crippen LogP contribution in [0.25, 0.3) is 0 Å². The first-order valence-corrected chi connectivity index (χ1v) is 8.15. The van der Waals surface area contributed by atoms with Crippen molar-refractivity contribution >= 4 is 22.9 Å². The number of benzene rings is 1. The van der Waals surface area contributed by atoms with Crippen molar-refractivity contribution in [2.24, 2.45) is 11.7 Å². The molecule has 1 heterocycles. The van der Waals surface area contributed by atoms with Gasteiger partial charge in [0, 0.05) is 23.6 Å². The number of amides is 1. The maximum Gasteiger partial charge on any atom is 0.275 e. The monoisotopic (exact) mass is 319 g/mol. The molecule has 2 rings (SSSR count). The highest BCUT2D eigenvalue weighted by atomic mass is 32.1. The molecule has 118 valence electrons. The summed E-state index contributed by atoms with van der Waals surface area (Å²) < 4.78 is 5.65. The van der Waals surface area contributed by atoms with E-state index in [1.165, 1.54) is 11.3 Å². The number of ether oxygens (including phenoxy) is 1. The molecule has 2 aromatic rings. The third-order valence-electron chi connectivity index (χ3n) is 2.82. The van der Waals surface area contributed by atoms with Crippen molar-refractivity contribution in [2.75, 3.05) is 18.5 Å². The van der Waals surface area contributed by atoms with E-state index >= 15 is 0 Å². The van der Waals surface area contributed by atoms with Gasteiger partial charge in [0.2, 0.25) is 0 Å². The van der Waals surface area contributed by atoms with Crippen LogP contribution in [0.1, 0.15) is 29.3 Å². The van der Waals surface area contributed by atoms with Gasteiger partial charge >= 0.3 is 0 Å². The zero-order valence-electron chi connectivity index (χ0n) is 12.8. The van der Waals surface area contributed by atoms with E-state index in [4.69, 9.17) is 10.5 Å². The molecule has 22 heavy (non-hydrogen) atoms. The van der Waals surface area contributed by atoms with Gasteiger partial charge in [0.15, 0.2) is 0 Å². The third-order valence-corrected chi connectivity index (χ3v) is 3.73. The molecular weight excluding hydrogens is 298 g/mol. The number of nitrogens with one attached hydrogen (secondary N) is 1. The van der Waals surface area contributed by atoms with Gasteiger partial charge in [0.25, 0.3) is 5.91 Å². The number of thiazole rings is 1. The summed E-state index contributed by atoms with van der Waals surface area (Å²) in [5, 5.41) is 5.46. The first-order valence-electron chi connectivity index (χ1n) is 7.27. The Morgan fingerprint density at radius 1 is 1.45 bits per heavy atom. The maximum absolute atomic E-state index is 12.2. The van der Waals surface area contributed by atoms with E-state index in [0.29, 0.717) is 36.9 Å². The predicted octanol–water partition coefficient (Wildman–Crippen LogP) is 2.93. The van der Waals surface area contributed by atoms with Crippen molar-refractivity contribution in [3.8, 4) is 5.75 Å². The summed E-state index contributed by atoms with van der Waals surface area (Å²) in [4.78, 5) is 16.4. The summed E-state index contributed by atoms with van der Waals surface area (Å²) >= 11 is 1.45. The van der Waals surface area contributed by atoms with Crippen LogP contribution in [-0.4, -0.2) is 24.0 Å². The fraction of sp³-hybridized carbons (Fsp3) is 0.375. The molecule has 0 aliphatic heterocycles. The van der Waals surface area contributed by atoms with E-state index in [2.05, 4.69) is 24.1 Å². The highest BCUT2D eigenvalue weighted by molar-refractivity contribution is 7.09. The van der Waals surface area contributed by atoms with Crippen molar-refractivity contribution in [3.63, 3.8) is 0 Å². The largest absolute Gasteiger partial charge is 0.493 e. The fourth-order valence-corrected chi connectivity index (χ4v) is 2.57. The Hall–Kier alpha value is -1.92. The summed E-state index contributed by atoms with van der Waals surface area (Å²) in [6.45, 7) is 5.36. The number of carbonyl (C=O) groups is 1. The molecule has 0 fully saturated rings. The Balaban J connectivity index is 1.99. The molecule has 1 aromatic heterocycles. The minimum atomic E-state index is -0.222. The van der Waals surface area contributed by atoms with Crippen LogP contribution in [0.3, 0.4) is 0 Å². The van der Waals surface area contributed by atoms with E-state index in [-0.39, 0.29) is 5.91 Å². The molecule has 0 unspecified atom stereocenters. The van der Waals surface area contributed by atoms with Crippen molar-refractivity contribution in [1.82, 2.24) is 4.98 Å². The number of hydrogen-bond acceptors (Lipinski definition) is 5. The number of aromatic nitrogens is 1. The quantitative estimate of drug-likeness (QED) is 0.822. The van der Waals surface area contributed by atoms with Crippen molar-refractivity contribution < 1.29 is 9.53 Å². The number of carbonyl (C=O) groups excluding carboxylic acids is 1. The van der Waals surface area contributed by atoms with Crippen LogP contribution in [-0.2, 0) is 6.42 Å². The molecule has 0 atom stereocenters. The molecule has 0 aliphatic carbocycles. The van der Waals surface area contributed by atoms with Crippen LogP contribution in [0.5, 0.6) is 5.75 Å². The van der Waals surface area contributed by atoms with Gasteiger partial charge < -0.3 is 15.8 Å². The van der Waals surface area contributed by atoms with Crippen LogP contribution in [0, 0.1) is 5.92 Å². The molecule has 5 nitrogen and oxygen atoms in total. The SMILES string of the molecule is CC(C)COc1cccc(NC(=O)c2csc(CCN)n2)c1. The number of hydrogen-bond donors (Lipinski definition) is 2. The predicted molar refractivity (Wildman–Crippen MR) is 89.6 cm³/mol. The summed E-state index contributed by atoms with van der Waals surface area (Å²) in [7, 11) is 0. The second-order valence-corrected chi connectivity index (χ2v) is 6.29. The van der Waals surface area contributed by atoms with Crippen LogP contribution in [0.2, 0.25) is 0 Å². The lowest BCUT2D eigenvalue weighted by Gasteiger charge is -2.10. The van der Waals surface area contributed by atoms with Gasteiger partial charge in [-0.3, -0.25) is 4.79 Å². The van der Waals surface area contributed by atoms with Crippen LogP contribution < -0.4 is 15.8 Å². The Kier molecular flexibility index (Phi) is 5.91. The molecule has 1 amide bonds. The fourth-order valence-electron chi connectivity index (χ4n) is 1.78. The summed E-state index contributed by atoms with van der Waals surface area (Å²) in [5.41, 5.74) is 6.60. The minimum absolute atomic E-state index is 0.222. The zero-order chi connectivity index (χ0) is 15.9. The average molecular weight is 319 g/mol. The van der Waals surface area contributed by atoms with Gasteiger partial charge in [-0.15, -0.1) is 11.3 Å². The normalized spacial score (nSPS) is 10.7. The molecule has 0 radical (unpaired) electrons. The second kappa shape index (κ2) is 7.91. The van der Waals surface area contributed by atoms with Gasteiger partial charge in [-0.1, -0.05) is 19.9 Å². The number of anilines is 1. The van der Waals surface area contributed by atoms with E-state index in [0.717, 1.165) is 10.8 Å². The van der Waals surface area contributed by atoms with Gasteiger partial charge in [-0.2, -0.15) is 0 Å². The van der Waals surface area contributed by atoms with E-state index in [1.54, 1.807) is 5.38 Å². The molecule has 0 spiro atoms. The second-order valence-electron chi connectivity index (χ2n) is 5.35. The highest BCUT2D eigenvalue weighted by Crippen LogP contribution is 2.19.